The fourth-order valence-corrected chi connectivity index (χ4v) is 4.05. The summed E-state index contributed by atoms with van der Waals surface area (Å²) in [6.07, 6.45) is 1.87. The van der Waals surface area contributed by atoms with Crippen LogP contribution in [-0.4, -0.2) is 42.6 Å². The quantitative estimate of drug-likeness (QED) is 0.590. The van der Waals surface area contributed by atoms with Crippen LogP contribution >= 0.6 is 0 Å². The molecule has 4 rings (SSSR count). The van der Waals surface area contributed by atoms with E-state index in [4.69, 9.17) is 0 Å². The van der Waals surface area contributed by atoms with E-state index in [1.54, 1.807) is 6.07 Å². The molecule has 1 saturated heterocycles. The summed E-state index contributed by atoms with van der Waals surface area (Å²) < 4.78 is 41.9. The van der Waals surface area contributed by atoms with Crippen LogP contribution in [0.1, 0.15) is 73.9 Å². The number of rotatable bonds is 5. The SMILES string of the molecule is CCc1ncc(CN2CCC[C@@H](c3cc4nc(C(C)C)cc(C(F)(F)F)n4n3)C2)cn1. The van der Waals surface area contributed by atoms with E-state index in [-0.39, 0.29) is 17.5 Å². The van der Waals surface area contributed by atoms with E-state index in [1.165, 1.54) is 0 Å². The van der Waals surface area contributed by atoms with Crippen LogP contribution in [0.5, 0.6) is 0 Å². The number of piperidine rings is 1. The molecule has 1 aliphatic heterocycles. The summed E-state index contributed by atoms with van der Waals surface area (Å²) in [5.41, 5.74) is 1.62. The third kappa shape index (κ3) is 4.71. The van der Waals surface area contributed by atoms with Gasteiger partial charge in [-0.25, -0.2) is 19.5 Å². The van der Waals surface area contributed by atoms with Crippen LogP contribution in [0.25, 0.3) is 5.65 Å². The summed E-state index contributed by atoms with van der Waals surface area (Å²) in [5.74, 6) is 0.782. The maximum atomic E-state index is 13.7. The fraction of sp³-hybridized carbons (Fsp3) is 0.545. The van der Waals surface area contributed by atoms with Crippen molar-refractivity contribution >= 4 is 5.65 Å². The number of aromatic nitrogens is 5. The van der Waals surface area contributed by atoms with E-state index in [0.29, 0.717) is 11.4 Å². The largest absolute Gasteiger partial charge is 0.433 e. The summed E-state index contributed by atoms with van der Waals surface area (Å²) >= 11 is 0. The molecule has 0 N–H and O–H groups in total. The zero-order valence-corrected chi connectivity index (χ0v) is 18.0. The zero-order valence-electron chi connectivity index (χ0n) is 18.0. The van der Waals surface area contributed by atoms with Crippen molar-refractivity contribution in [1.82, 2.24) is 29.5 Å². The van der Waals surface area contributed by atoms with Crippen molar-refractivity contribution < 1.29 is 13.2 Å². The van der Waals surface area contributed by atoms with Crippen LogP contribution in [-0.2, 0) is 19.1 Å². The van der Waals surface area contributed by atoms with Crippen molar-refractivity contribution in [3.05, 3.63) is 53.0 Å². The minimum Gasteiger partial charge on any atom is -0.298 e. The number of likely N-dealkylation sites (tertiary alicyclic amines) is 1. The van der Waals surface area contributed by atoms with Gasteiger partial charge in [-0.15, -0.1) is 0 Å². The average Bonchev–Trinajstić information content (AvgIpc) is 3.17. The van der Waals surface area contributed by atoms with Gasteiger partial charge in [0.2, 0.25) is 0 Å². The second-order valence-corrected chi connectivity index (χ2v) is 8.49. The van der Waals surface area contributed by atoms with E-state index >= 15 is 0 Å². The van der Waals surface area contributed by atoms with Gasteiger partial charge in [0.05, 0.1) is 5.69 Å². The Kier molecular flexibility index (Phi) is 5.96. The van der Waals surface area contributed by atoms with Crippen molar-refractivity contribution in [3.63, 3.8) is 0 Å². The van der Waals surface area contributed by atoms with Crippen molar-refractivity contribution in [2.24, 2.45) is 0 Å². The molecule has 1 aliphatic rings. The van der Waals surface area contributed by atoms with Gasteiger partial charge in [0.15, 0.2) is 5.65 Å². The Labute approximate surface area is 179 Å². The third-order valence-electron chi connectivity index (χ3n) is 5.75. The standard InChI is InChI=1S/C22H27F3N6/c1-4-20-26-10-15(11-27-20)12-30-7-5-6-16(13-30)18-9-21-28-17(14(2)3)8-19(22(23,24)25)31(21)29-18/h8-11,14,16H,4-7,12-13H2,1-3H3/t16-/m1/s1. The number of hydrogen-bond acceptors (Lipinski definition) is 5. The van der Waals surface area contributed by atoms with Crippen molar-refractivity contribution in [1.29, 1.82) is 0 Å². The molecule has 9 heteroatoms. The van der Waals surface area contributed by atoms with Crippen LogP contribution in [0.3, 0.4) is 0 Å². The van der Waals surface area contributed by atoms with E-state index in [9.17, 15) is 13.2 Å². The first-order chi connectivity index (χ1) is 14.7. The number of nitrogens with zero attached hydrogens (tertiary/aromatic N) is 6. The Balaban J connectivity index is 1.58. The molecule has 3 aromatic rings. The molecule has 0 bridgehead atoms. The highest BCUT2D eigenvalue weighted by Gasteiger charge is 2.36. The number of alkyl halides is 3. The summed E-state index contributed by atoms with van der Waals surface area (Å²) in [4.78, 5) is 15.4. The molecular formula is C22H27F3N6. The summed E-state index contributed by atoms with van der Waals surface area (Å²) in [6.45, 7) is 8.08. The van der Waals surface area contributed by atoms with Gasteiger partial charge in [0.1, 0.15) is 11.5 Å². The molecule has 0 aromatic carbocycles. The molecule has 0 radical (unpaired) electrons. The second kappa shape index (κ2) is 8.53. The second-order valence-electron chi connectivity index (χ2n) is 8.49. The van der Waals surface area contributed by atoms with Gasteiger partial charge in [0, 0.05) is 55.1 Å². The molecular weight excluding hydrogens is 405 g/mol. The van der Waals surface area contributed by atoms with Crippen LogP contribution in [0.15, 0.2) is 24.5 Å². The molecule has 166 valence electrons. The predicted molar refractivity (Wildman–Crippen MR) is 111 cm³/mol. The van der Waals surface area contributed by atoms with E-state index in [2.05, 4.69) is 25.0 Å². The molecule has 6 nitrogen and oxygen atoms in total. The molecule has 0 unspecified atom stereocenters. The van der Waals surface area contributed by atoms with Gasteiger partial charge >= 0.3 is 6.18 Å². The van der Waals surface area contributed by atoms with Gasteiger partial charge in [-0.2, -0.15) is 18.3 Å². The lowest BCUT2D eigenvalue weighted by Crippen LogP contribution is -2.34. The van der Waals surface area contributed by atoms with Gasteiger partial charge in [-0.05, 0) is 31.4 Å². The van der Waals surface area contributed by atoms with E-state index < -0.39 is 11.9 Å². The normalized spacial score (nSPS) is 18.2. The lowest BCUT2D eigenvalue weighted by atomic mass is 9.94. The lowest BCUT2D eigenvalue weighted by Gasteiger charge is -2.31. The van der Waals surface area contributed by atoms with E-state index in [0.717, 1.165) is 60.9 Å². The first-order valence-corrected chi connectivity index (χ1v) is 10.7. The number of fused-ring (bicyclic) bond motifs is 1. The molecule has 31 heavy (non-hydrogen) atoms. The monoisotopic (exact) mass is 432 g/mol. The van der Waals surface area contributed by atoms with E-state index in [1.807, 2.05) is 33.2 Å². The highest BCUT2D eigenvalue weighted by molar-refractivity contribution is 5.44. The van der Waals surface area contributed by atoms with Gasteiger partial charge < -0.3 is 0 Å². The van der Waals surface area contributed by atoms with Gasteiger partial charge in [0.25, 0.3) is 0 Å². The first kappa shape index (κ1) is 21.7. The van der Waals surface area contributed by atoms with Gasteiger partial charge in [-0.3, -0.25) is 4.90 Å². The molecule has 0 spiro atoms. The molecule has 3 aromatic heterocycles. The Morgan fingerprint density at radius 2 is 1.90 bits per heavy atom. The zero-order chi connectivity index (χ0) is 22.2. The first-order valence-electron chi connectivity index (χ1n) is 10.7. The smallest absolute Gasteiger partial charge is 0.298 e. The summed E-state index contributed by atoms with van der Waals surface area (Å²) in [7, 11) is 0. The summed E-state index contributed by atoms with van der Waals surface area (Å²) in [5, 5.41) is 4.35. The Bertz CT molecular complexity index is 1040. The highest BCUT2D eigenvalue weighted by atomic mass is 19.4. The average molecular weight is 432 g/mol. The van der Waals surface area contributed by atoms with Crippen LogP contribution in [0, 0.1) is 0 Å². The molecule has 1 fully saturated rings. The maximum Gasteiger partial charge on any atom is 0.433 e. The molecule has 0 saturated carbocycles. The minimum absolute atomic E-state index is 0.0647. The van der Waals surface area contributed by atoms with Crippen LogP contribution in [0.2, 0.25) is 0 Å². The minimum atomic E-state index is -4.49. The van der Waals surface area contributed by atoms with Crippen molar-refractivity contribution in [3.8, 4) is 0 Å². The molecule has 1 atom stereocenters. The Hall–Kier alpha value is -2.55. The molecule has 0 amide bonds. The van der Waals surface area contributed by atoms with Crippen LogP contribution < -0.4 is 0 Å². The number of hydrogen-bond donors (Lipinski definition) is 0. The predicted octanol–water partition coefficient (Wildman–Crippen LogP) is 4.60. The highest BCUT2D eigenvalue weighted by Crippen LogP contribution is 2.33. The van der Waals surface area contributed by atoms with Crippen LogP contribution in [0.4, 0.5) is 13.2 Å². The number of aryl methyl sites for hydroxylation is 1. The maximum absolute atomic E-state index is 13.7. The molecule has 4 heterocycles. The fourth-order valence-electron chi connectivity index (χ4n) is 4.05. The number of halogens is 3. The van der Waals surface area contributed by atoms with Crippen molar-refractivity contribution in [2.75, 3.05) is 13.1 Å². The van der Waals surface area contributed by atoms with Gasteiger partial charge in [-0.1, -0.05) is 20.8 Å². The topological polar surface area (TPSA) is 59.2 Å². The third-order valence-corrected chi connectivity index (χ3v) is 5.75. The summed E-state index contributed by atoms with van der Waals surface area (Å²) in [6, 6.07) is 2.83. The Morgan fingerprint density at radius 1 is 1.16 bits per heavy atom. The van der Waals surface area contributed by atoms with Crippen molar-refractivity contribution in [2.45, 2.75) is 64.6 Å². The lowest BCUT2D eigenvalue weighted by molar-refractivity contribution is -0.142. The Morgan fingerprint density at radius 3 is 2.55 bits per heavy atom. The molecule has 0 aliphatic carbocycles.